The van der Waals surface area contributed by atoms with Crippen molar-refractivity contribution in [3.63, 3.8) is 0 Å². The van der Waals surface area contributed by atoms with Gasteiger partial charge in [0.05, 0.1) is 10.5 Å². The van der Waals surface area contributed by atoms with Crippen molar-refractivity contribution >= 4 is 15.9 Å². The van der Waals surface area contributed by atoms with E-state index in [0.29, 0.717) is 6.07 Å². The van der Waals surface area contributed by atoms with E-state index in [2.05, 4.69) is 0 Å². The first kappa shape index (κ1) is 19.7. The van der Waals surface area contributed by atoms with E-state index >= 15 is 0 Å². The summed E-state index contributed by atoms with van der Waals surface area (Å²) in [6.45, 7) is 5.88. The monoisotopic (exact) mass is 378 g/mol. The molecule has 2 rings (SSSR count). The summed E-state index contributed by atoms with van der Waals surface area (Å²) >= 11 is 0. The molecule has 9 heteroatoms. The van der Waals surface area contributed by atoms with Gasteiger partial charge in [-0.15, -0.1) is 0 Å². The molecular formula is C16H21F3N2O3S. The molecule has 0 atom stereocenters. The van der Waals surface area contributed by atoms with Crippen LogP contribution in [0.5, 0.6) is 0 Å². The summed E-state index contributed by atoms with van der Waals surface area (Å²) in [6.07, 6.45) is -4.61. The van der Waals surface area contributed by atoms with Crippen LogP contribution in [0.4, 0.5) is 13.2 Å². The number of nitrogens with zero attached hydrogens (tertiary/aromatic N) is 2. The van der Waals surface area contributed by atoms with Crippen molar-refractivity contribution in [3.05, 3.63) is 29.8 Å². The number of piperazine rings is 1. The summed E-state index contributed by atoms with van der Waals surface area (Å²) in [6, 6.07) is 3.70. The second kappa shape index (κ2) is 6.60. The molecule has 1 saturated heterocycles. The van der Waals surface area contributed by atoms with Crippen molar-refractivity contribution in [2.24, 2.45) is 5.41 Å². The second-order valence-corrected chi connectivity index (χ2v) is 8.91. The molecule has 0 radical (unpaired) electrons. The van der Waals surface area contributed by atoms with E-state index in [9.17, 15) is 26.4 Å². The van der Waals surface area contributed by atoms with Crippen LogP contribution in [-0.2, 0) is 21.0 Å². The van der Waals surface area contributed by atoms with Crippen molar-refractivity contribution in [1.82, 2.24) is 9.21 Å². The molecule has 5 nitrogen and oxygen atoms in total. The van der Waals surface area contributed by atoms with E-state index in [4.69, 9.17) is 0 Å². The number of amides is 1. The van der Waals surface area contributed by atoms with Crippen molar-refractivity contribution in [3.8, 4) is 0 Å². The first-order chi connectivity index (χ1) is 11.3. The lowest BCUT2D eigenvalue weighted by atomic mass is 9.94. The fourth-order valence-corrected chi connectivity index (χ4v) is 4.06. The number of rotatable bonds is 2. The van der Waals surface area contributed by atoms with Crippen LogP contribution in [0.3, 0.4) is 0 Å². The minimum atomic E-state index is -4.61. The SMILES string of the molecule is CC(C)(C)C(=O)N1CCN(S(=O)(=O)c2cccc(C(F)(F)F)c2)CC1. The van der Waals surface area contributed by atoms with Gasteiger partial charge in [-0.2, -0.15) is 17.5 Å². The van der Waals surface area contributed by atoms with Crippen LogP contribution >= 0.6 is 0 Å². The summed E-state index contributed by atoms with van der Waals surface area (Å²) < 4.78 is 64.7. The van der Waals surface area contributed by atoms with Crippen LogP contribution < -0.4 is 0 Å². The van der Waals surface area contributed by atoms with Gasteiger partial charge in [-0.05, 0) is 18.2 Å². The first-order valence-electron chi connectivity index (χ1n) is 7.80. The topological polar surface area (TPSA) is 57.7 Å². The Morgan fingerprint density at radius 2 is 1.60 bits per heavy atom. The molecule has 1 aliphatic rings. The number of carbonyl (C=O) groups excluding carboxylic acids is 1. The lowest BCUT2D eigenvalue weighted by Gasteiger charge is -2.37. The average molecular weight is 378 g/mol. The van der Waals surface area contributed by atoms with Crippen LogP contribution in [-0.4, -0.2) is 49.7 Å². The average Bonchev–Trinajstić information content (AvgIpc) is 2.52. The minimum absolute atomic E-state index is 0.0560. The van der Waals surface area contributed by atoms with Crippen LogP contribution in [0.1, 0.15) is 26.3 Å². The van der Waals surface area contributed by atoms with Gasteiger partial charge >= 0.3 is 6.18 Å². The molecule has 140 valence electrons. The van der Waals surface area contributed by atoms with Crippen molar-refractivity contribution in [2.45, 2.75) is 31.8 Å². The Morgan fingerprint density at radius 3 is 2.08 bits per heavy atom. The number of halogens is 3. The van der Waals surface area contributed by atoms with Gasteiger partial charge in [-0.3, -0.25) is 4.79 Å². The van der Waals surface area contributed by atoms with E-state index in [1.165, 1.54) is 0 Å². The standard InChI is InChI=1S/C16H21F3N2O3S/c1-15(2,3)14(22)20-7-9-21(10-8-20)25(23,24)13-6-4-5-12(11-13)16(17,18)19/h4-6,11H,7-10H2,1-3H3. The molecule has 0 N–H and O–H groups in total. The largest absolute Gasteiger partial charge is 0.416 e. The Balaban J connectivity index is 2.16. The summed E-state index contributed by atoms with van der Waals surface area (Å²) in [4.78, 5) is 13.4. The van der Waals surface area contributed by atoms with E-state index < -0.39 is 32.1 Å². The molecular weight excluding hydrogens is 357 g/mol. The third-order valence-corrected chi connectivity index (χ3v) is 5.86. The number of carbonyl (C=O) groups is 1. The molecule has 1 aromatic carbocycles. The summed E-state index contributed by atoms with van der Waals surface area (Å²) in [7, 11) is -4.03. The molecule has 25 heavy (non-hydrogen) atoms. The second-order valence-electron chi connectivity index (χ2n) is 6.97. The third-order valence-electron chi connectivity index (χ3n) is 3.97. The molecule has 0 aromatic heterocycles. The molecule has 0 aliphatic carbocycles. The Morgan fingerprint density at radius 1 is 1.04 bits per heavy atom. The van der Waals surface area contributed by atoms with Crippen molar-refractivity contribution in [2.75, 3.05) is 26.2 Å². The Kier molecular flexibility index (Phi) is 5.21. The van der Waals surface area contributed by atoms with Crippen molar-refractivity contribution < 1.29 is 26.4 Å². The maximum atomic E-state index is 12.8. The predicted molar refractivity (Wildman–Crippen MR) is 86.2 cm³/mol. The number of sulfonamides is 1. The number of benzene rings is 1. The number of hydrogen-bond acceptors (Lipinski definition) is 3. The Bertz CT molecular complexity index is 747. The molecule has 0 saturated carbocycles. The summed E-state index contributed by atoms with van der Waals surface area (Å²) in [5.74, 6) is -0.0800. The number of alkyl halides is 3. The van der Waals surface area contributed by atoms with E-state index in [0.717, 1.165) is 22.5 Å². The van der Waals surface area contributed by atoms with Gasteiger partial charge < -0.3 is 4.90 Å². The van der Waals surface area contributed by atoms with Crippen LogP contribution in [0, 0.1) is 5.41 Å². The fraction of sp³-hybridized carbons (Fsp3) is 0.562. The zero-order chi connectivity index (χ0) is 19.0. The van der Waals surface area contributed by atoms with Gasteiger partial charge in [-0.25, -0.2) is 8.42 Å². The van der Waals surface area contributed by atoms with Gasteiger partial charge in [0.25, 0.3) is 0 Å². The van der Waals surface area contributed by atoms with Crippen LogP contribution in [0.25, 0.3) is 0 Å². The number of hydrogen-bond donors (Lipinski definition) is 0. The molecule has 1 heterocycles. The van der Waals surface area contributed by atoms with E-state index in [-0.39, 0.29) is 32.1 Å². The summed E-state index contributed by atoms with van der Waals surface area (Å²) in [5.41, 5.74) is -1.57. The highest BCUT2D eigenvalue weighted by Gasteiger charge is 2.35. The quantitative estimate of drug-likeness (QED) is 0.795. The van der Waals surface area contributed by atoms with E-state index in [1.54, 1.807) is 25.7 Å². The van der Waals surface area contributed by atoms with Gasteiger partial charge in [0, 0.05) is 31.6 Å². The molecule has 0 unspecified atom stereocenters. The summed E-state index contributed by atoms with van der Waals surface area (Å²) in [5, 5.41) is 0. The van der Waals surface area contributed by atoms with Gasteiger partial charge in [-0.1, -0.05) is 26.8 Å². The Hall–Kier alpha value is -1.61. The lowest BCUT2D eigenvalue weighted by molar-refractivity contribution is -0.140. The zero-order valence-electron chi connectivity index (χ0n) is 14.3. The maximum absolute atomic E-state index is 12.8. The lowest BCUT2D eigenvalue weighted by Crippen LogP contribution is -2.52. The third kappa shape index (κ3) is 4.33. The molecule has 0 spiro atoms. The van der Waals surface area contributed by atoms with Gasteiger partial charge in [0.1, 0.15) is 0 Å². The Labute approximate surface area is 145 Å². The predicted octanol–water partition coefficient (Wildman–Crippen LogP) is 2.58. The molecule has 1 aromatic rings. The van der Waals surface area contributed by atoms with Crippen LogP contribution in [0.2, 0.25) is 0 Å². The minimum Gasteiger partial charge on any atom is -0.340 e. The molecule has 1 aliphatic heterocycles. The molecule has 1 fully saturated rings. The highest BCUT2D eigenvalue weighted by molar-refractivity contribution is 7.89. The van der Waals surface area contributed by atoms with Gasteiger partial charge in [0.2, 0.25) is 15.9 Å². The molecule has 1 amide bonds. The zero-order valence-corrected chi connectivity index (χ0v) is 15.1. The van der Waals surface area contributed by atoms with E-state index in [1.807, 2.05) is 0 Å². The smallest absolute Gasteiger partial charge is 0.340 e. The molecule has 0 bridgehead atoms. The normalized spacial score (nSPS) is 17.6. The van der Waals surface area contributed by atoms with Crippen LogP contribution in [0.15, 0.2) is 29.2 Å². The van der Waals surface area contributed by atoms with Gasteiger partial charge in [0.15, 0.2) is 0 Å². The highest BCUT2D eigenvalue weighted by Crippen LogP contribution is 2.31. The van der Waals surface area contributed by atoms with Crippen molar-refractivity contribution in [1.29, 1.82) is 0 Å². The fourth-order valence-electron chi connectivity index (χ4n) is 2.59. The first-order valence-corrected chi connectivity index (χ1v) is 9.24. The highest BCUT2D eigenvalue weighted by atomic mass is 32.2. The maximum Gasteiger partial charge on any atom is 0.416 e.